The summed E-state index contributed by atoms with van der Waals surface area (Å²) in [5.41, 5.74) is 0.534. The zero-order valence-electron chi connectivity index (χ0n) is 8.75. The first-order valence-electron chi connectivity index (χ1n) is 4.83. The molecule has 4 nitrogen and oxygen atoms in total. The lowest BCUT2D eigenvalue weighted by Crippen LogP contribution is -2.03. The Morgan fingerprint density at radius 2 is 2.12 bits per heavy atom. The van der Waals surface area contributed by atoms with Gasteiger partial charge in [-0.15, -0.1) is 4.40 Å². The van der Waals surface area contributed by atoms with Crippen molar-refractivity contribution in [2.24, 2.45) is 4.40 Å². The van der Waals surface area contributed by atoms with E-state index >= 15 is 0 Å². The second-order valence-electron chi connectivity index (χ2n) is 3.25. The Kier molecular flexibility index (Phi) is 2.78. The van der Waals surface area contributed by atoms with Crippen LogP contribution in [0.4, 0.5) is 0 Å². The van der Waals surface area contributed by atoms with Gasteiger partial charge in [-0.1, -0.05) is 24.3 Å². The Balaban J connectivity index is 2.36. The second kappa shape index (κ2) is 4.09. The maximum absolute atomic E-state index is 11.6. The average Bonchev–Trinajstić information content (AvgIpc) is 2.52. The highest BCUT2D eigenvalue weighted by atomic mass is 32.2. The number of benzene rings is 1. The lowest BCUT2D eigenvalue weighted by atomic mass is 10.2. The Morgan fingerprint density at radius 3 is 2.88 bits per heavy atom. The number of fused-ring (bicyclic) bond motifs is 1. The van der Waals surface area contributed by atoms with Gasteiger partial charge in [-0.2, -0.15) is 8.42 Å². The molecule has 0 saturated heterocycles. The van der Waals surface area contributed by atoms with E-state index in [4.69, 9.17) is 4.74 Å². The number of rotatable bonds is 2. The van der Waals surface area contributed by atoms with Crippen molar-refractivity contribution in [3.05, 3.63) is 42.0 Å². The van der Waals surface area contributed by atoms with Crippen LogP contribution < -0.4 is 0 Å². The van der Waals surface area contributed by atoms with E-state index in [1.165, 1.54) is 6.07 Å². The van der Waals surface area contributed by atoms with Gasteiger partial charge in [0, 0.05) is 0 Å². The molecule has 0 bridgehead atoms. The molecule has 0 spiro atoms. The summed E-state index contributed by atoms with van der Waals surface area (Å²) in [6, 6.07) is 6.64. The van der Waals surface area contributed by atoms with Crippen LogP contribution in [0.15, 0.2) is 45.7 Å². The zero-order chi connectivity index (χ0) is 11.6. The number of hydrogen-bond donors (Lipinski definition) is 0. The summed E-state index contributed by atoms with van der Waals surface area (Å²) >= 11 is 0. The summed E-state index contributed by atoms with van der Waals surface area (Å²) < 4.78 is 32.1. The summed E-state index contributed by atoms with van der Waals surface area (Å²) in [7, 11) is -3.55. The number of nitrogens with zero attached hydrogens (tertiary/aromatic N) is 1. The van der Waals surface area contributed by atoms with E-state index in [0.29, 0.717) is 12.2 Å². The highest BCUT2D eigenvalue weighted by molar-refractivity contribution is 7.90. The van der Waals surface area contributed by atoms with Crippen molar-refractivity contribution in [2.45, 2.75) is 11.8 Å². The summed E-state index contributed by atoms with van der Waals surface area (Å²) in [6.07, 6.45) is 3.62. The molecule has 2 rings (SSSR count). The third-order valence-electron chi connectivity index (χ3n) is 2.15. The van der Waals surface area contributed by atoms with Crippen molar-refractivity contribution in [2.75, 3.05) is 6.61 Å². The fourth-order valence-corrected chi connectivity index (χ4v) is 2.55. The Morgan fingerprint density at radius 1 is 1.38 bits per heavy atom. The van der Waals surface area contributed by atoms with E-state index in [9.17, 15) is 8.42 Å². The molecule has 84 valence electrons. The largest absolute Gasteiger partial charge is 0.472 e. The van der Waals surface area contributed by atoms with E-state index < -0.39 is 10.0 Å². The molecule has 0 amide bonds. The third kappa shape index (κ3) is 1.86. The molecule has 0 radical (unpaired) electrons. The van der Waals surface area contributed by atoms with Crippen molar-refractivity contribution < 1.29 is 13.2 Å². The van der Waals surface area contributed by atoms with Gasteiger partial charge in [0.1, 0.15) is 11.5 Å². The monoisotopic (exact) mass is 237 g/mol. The molecule has 0 aromatic heterocycles. The fourth-order valence-electron chi connectivity index (χ4n) is 1.40. The molecule has 0 N–H and O–H groups in total. The first kappa shape index (κ1) is 10.9. The Hall–Kier alpha value is -1.62. The highest BCUT2D eigenvalue weighted by Gasteiger charge is 2.29. The van der Waals surface area contributed by atoms with Gasteiger partial charge < -0.3 is 4.74 Å². The van der Waals surface area contributed by atoms with E-state index in [1.54, 1.807) is 24.3 Å². The Labute approximate surface area is 94.3 Å². The molecule has 1 heterocycles. The molecular weight excluding hydrogens is 226 g/mol. The van der Waals surface area contributed by atoms with Crippen LogP contribution in [0.5, 0.6) is 0 Å². The average molecular weight is 237 g/mol. The van der Waals surface area contributed by atoms with E-state index in [1.807, 2.05) is 13.0 Å². The van der Waals surface area contributed by atoms with Gasteiger partial charge in [0.2, 0.25) is 5.90 Å². The molecule has 0 saturated carbocycles. The summed E-state index contributed by atoms with van der Waals surface area (Å²) in [6.45, 7) is 2.18. The molecule has 1 aliphatic heterocycles. The summed E-state index contributed by atoms with van der Waals surface area (Å²) in [4.78, 5) is 0.213. The zero-order valence-corrected chi connectivity index (χ0v) is 9.57. The van der Waals surface area contributed by atoms with Crippen LogP contribution in [0.2, 0.25) is 0 Å². The molecule has 0 unspecified atom stereocenters. The summed E-state index contributed by atoms with van der Waals surface area (Å²) in [5, 5.41) is 0. The van der Waals surface area contributed by atoms with Gasteiger partial charge in [-0.3, -0.25) is 0 Å². The SMILES string of the molecule is C/C=C/COC1=NS(=O)(=O)c2ccccc21. The van der Waals surface area contributed by atoms with Crippen LogP contribution in [-0.2, 0) is 14.8 Å². The van der Waals surface area contributed by atoms with Crippen LogP contribution in [0.3, 0.4) is 0 Å². The normalized spacial score (nSPS) is 17.2. The molecule has 0 fully saturated rings. The van der Waals surface area contributed by atoms with Crippen LogP contribution in [0.1, 0.15) is 12.5 Å². The van der Waals surface area contributed by atoms with Crippen molar-refractivity contribution in [3.63, 3.8) is 0 Å². The maximum atomic E-state index is 11.6. The minimum absolute atomic E-state index is 0.175. The predicted octanol–water partition coefficient (Wildman–Crippen LogP) is 1.73. The highest BCUT2D eigenvalue weighted by Crippen LogP contribution is 2.26. The molecular formula is C11H11NO3S. The van der Waals surface area contributed by atoms with Gasteiger partial charge in [0.15, 0.2) is 0 Å². The van der Waals surface area contributed by atoms with E-state index in [0.717, 1.165) is 0 Å². The standard InChI is InChI=1S/C11H11NO3S/c1-2-3-8-15-11-9-6-4-5-7-10(9)16(13,14)12-11/h2-7H,8H2,1H3/b3-2+. The first-order valence-corrected chi connectivity index (χ1v) is 6.27. The van der Waals surface area contributed by atoms with Gasteiger partial charge in [0.25, 0.3) is 10.0 Å². The number of allylic oxidation sites excluding steroid dienone is 1. The van der Waals surface area contributed by atoms with Crippen LogP contribution in [-0.4, -0.2) is 20.9 Å². The number of sulfonamides is 1. The van der Waals surface area contributed by atoms with Gasteiger partial charge in [-0.25, -0.2) is 0 Å². The molecule has 1 aromatic rings. The van der Waals surface area contributed by atoms with Crippen molar-refractivity contribution in [3.8, 4) is 0 Å². The predicted molar refractivity (Wildman–Crippen MR) is 60.9 cm³/mol. The number of ether oxygens (including phenoxy) is 1. The summed E-state index contributed by atoms with van der Waals surface area (Å²) in [5.74, 6) is 0.175. The van der Waals surface area contributed by atoms with E-state index in [2.05, 4.69) is 4.40 Å². The topological polar surface area (TPSA) is 55.7 Å². The van der Waals surface area contributed by atoms with Crippen LogP contribution in [0.25, 0.3) is 0 Å². The lowest BCUT2D eigenvalue weighted by Gasteiger charge is -2.01. The van der Waals surface area contributed by atoms with Crippen molar-refractivity contribution in [1.29, 1.82) is 0 Å². The van der Waals surface area contributed by atoms with E-state index in [-0.39, 0.29) is 10.8 Å². The van der Waals surface area contributed by atoms with Gasteiger partial charge in [0.05, 0.1) is 5.56 Å². The quantitative estimate of drug-likeness (QED) is 0.736. The minimum Gasteiger partial charge on any atom is -0.472 e. The van der Waals surface area contributed by atoms with Crippen LogP contribution >= 0.6 is 0 Å². The maximum Gasteiger partial charge on any atom is 0.286 e. The molecule has 5 heteroatoms. The van der Waals surface area contributed by atoms with Crippen LogP contribution in [0, 0.1) is 0 Å². The lowest BCUT2D eigenvalue weighted by molar-refractivity contribution is 0.352. The molecule has 0 aliphatic carbocycles. The Bertz CT molecular complexity index is 558. The second-order valence-corrected chi connectivity index (χ2v) is 4.82. The third-order valence-corrected chi connectivity index (χ3v) is 3.47. The molecule has 1 aromatic carbocycles. The molecule has 0 atom stereocenters. The molecule has 16 heavy (non-hydrogen) atoms. The van der Waals surface area contributed by atoms with Gasteiger partial charge in [-0.05, 0) is 19.1 Å². The first-order chi connectivity index (χ1) is 7.65. The van der Waals surface area contributed by atoms with Crippen molar-refractivity contribution >= 4 is 15.9 Å². The smallest absolute Gasteiger partial charge is 0.286 e. The fraction of sp³-hybridized carbons (Fsp3) is 0.182. The number of hydrogen-bond acceptors (Lipinski definition) is 3. The molecule has 1 aliphatic rings. The van der Waals surface area contributed by atoms with Crippen molar-refractivity contribution in [1.82, 2.24) is 0 Å². The van der Waals surface area contributed by atoms with Gasteiger partial charge >= 0.3 is 0 Å². The minimum atomic E-state index is -3.55.